The van der Waals surface area contributed by atoms with E-state index < -0.39 is 57.3 Å². The highest BCUT2D eigenvalue weighted by Gasteiger charge is 2.44. The van der Waals surface area contributed by atoms with Gasteiger partial charge in [0.15, 0.2) is 5.75 Å². The summed E-state index contributed by atoms with van der Waals surface area (Å²) in [5.41, 5.74) is -6.29. The number of hydrogen-bond acceptors (Lipinski definition) is 6. The molecule has 0 fully saturated rings. The van der Waals surface area contributed by atoms with E-state index in [0.29, 0.717) is 10.4 Å². The van der Waals surface area contributed by atoms with E-state index in [-0.39, 0.29) is 23.5 Å². The first-order valence-electron chi connectivity index (χ1n) is 8.43. The van der Waals surface area contributed by atoms with Crippen LogP contribution in [-0.2, 0) is 12.4 Å². The maximum absolute atomic E-state index is 13.7. The van der Waals surface area contributed by atoms with Crippen LogP contribution in [0, 0.1) is 28.0 Å². The Balaban J connectivity index is 2.79. The normalized spacial score (nSPS) is 11.5. The molecular weight excluding hydrogens is 481 g/mol. The fraction of sp³-hybridized carbons (Fsp3) is 0.158. The summed E-state index contributed by atoms with van der Waals surface area (Å²) < 4.78 is 99.2. The molecule has 14 heteroatoms. The highest BCUT2D eigenvalue weighted by atomic mass is 32.2. The number of nitrogens with zero attached hydrogens (tertiary/aromatic N) is 2. The highest BCUT2D eigenvalue weighted by molar-refractivity contribution is 8.25. The van der Waals surface area contributed by atoms with Gasteiger partial charge in [-0.3, -0.25) is 10.3 Å². The Morgan fingerprint density at radius 1 is 1.12 bits per heavy atom. The fourth-order valence-electron chi connectivity index (χ4n) is 2.58. The number of thioether (sulfide) groups is 1. The number of carbonyl (C=O) groups is 1. The monoisotopic (exact) mass is 492 g/mol. The summed E-state index contributed by atoms with van der Waals surface area (Å²) in [6, 6.07) is 4.77. The van der Waals surface area contributed by atoms with Gasteiger partial charge in [-0.2, -0.15) is 31.6 Å². The Labute approximate surface area is 185 Å². The van der Waals surface area contributed by atoms with E-state index in [0.717, 1.165) is 37.4 Å². The van der Waals surface area contributed by atoms with Crippen molar-refractivity contribution in [2.24, 2.45) is 0 Å². The molecular formula is C19H11F7N4O2S. The second-order valence-corrected chi connectivity index (χ2v) is 7.01. The predicted molar refractivity (Wildman–Crippen MR) is 105 cm³/mol. The van der Waals surface area contributed by atoms with Crippen molar-refractivity contribution in [3.8, 4) is 11.8 Å². The molecule has 2 N–H and O–H groups in total. The maximum atomic E-state index is 13.7. The Kier molecular flexibility index (Phi) is 7.38. The number of anilines is 1. The van der Waals surface area contributed by atoms with Gasteiger partial charge in [-0.15, -0.1) is 0 Å². The standard InChI is InChI=1S/C19H11F7N4O2S/c1-30(10-4-2-9(20)3-5-10)17(31)32-15-13(19(24,25)26)6-12(18(21,22)23)11(7-27)14(15)16(29)33-8-28/h2-6,8,28-29H,1H3. The number of amides is 1. The van der Waals surface area contributed by atoms with Gasteiger partial charge in [0.1, 0.15) is 16.9 Å². The SMILES string of the molecule is CN(C(=O)Oc1c(C(F)(F)F)cc(C(F)(F)F)c(C#N)c1C(=N)SC=N)c1ccc(F)cc1. The molecule has 0 aliphatic rings. The summed E-state index contributed by atoms with van der Waals surface area (Å²) >= 11 is 0.0928. The number of hydrogen-bond donors (Lipinski definition) is 2. The number of carbonyl (C=O) groups excluding carboxylic acids is 1. The third kappa shape index (κ3) is 5.61. The minimum atomic E-state index is -5.48. The van der Waals surface area contributed by atoms with Crippen LogP contribution in [0.1, 0.15) is 22.3 Å². The van der Waals surface area contributed by atoms with Crippen molar-refractivity contribution in [1.82, 2.24) is 0 Å². The Morgan fingerprint density at radius 2 is 1.67 bits per heavy atom. The van der Waals surface area contributed by atoms with E-state index in [2.05, 4.69) is 0 Å². The lowest BCUT2D eigenvalue weighted by Gasteiger charge is -2.23. The zero-order valence-electron chi connectivity index (χ0n) is 16.2. The van der Waals surface area contributed by atoms with Gasteiger partial charge in [0, 0.05) is 12.7 Å². The van der Waals surface area contributed by atoms with Crippen LogP contribution in [0.15, 0.2) is 30.3 Å². The summed E-state index contributed by atoms with van der Waals surface area (Å²) in [7, 11) is 1.04. The molecule has 0 saturated heterocycles. The summed E-state index contributed by atoms with van der Waals surface area (Å²) in [5, 5.41) is 23.0. The molecule has 0 spiro atoms. The Hall–Kier alpha value is -3.60. The Morgan fingerprint density at radius 3 is 2.12 bits per heavy atom. The third-order valence-corrected chi connectivity index (χ3v) is 4.64. The van der Waals surface area contributed by atoms with E-state index in [4.69, 9.17) is 15.6 Å². The van der Waals surface area contributed by atoms with E-state index >= 15 is 0 Å². The van der Waals surface area contributed by atoms with Crippen molar-refractivity contribution in [3.63, 3.8) is 0 Å². The summed E-state index contributed by atoms with van der Waals surface area (Å²) in [6.07, 6.45) is -12.4. The molecule has 174 valence electrons. The molecule has 0 aliphatic carbocycles. The zero-order valence-corrected chi connectivity index (χ0v) is 17.0. The smallest absolute Gasteiger partial charge is 0.409 e. The topological polar surface area (TPSA) is 101 Å². The summed E-state index contributed by atoms with van der Waals surface area (Å²) in [5.74, 6) is -2.19. The third-order valence-electron chi connectivity index (χ3n) is 4.08. The quantitative estimate of drug-likeness (QED) is 0.309. The summed E-state index contributed by atoms with van der Waals surface area (Å²) in [6.45, 7) is 0. The van der Waals surface area contributed by atoms with Crippen molar-refractivity contribution in [1.29, 1.82) is 16.1 Å². The van der Waals surface area contributed by atoms with Gasteiger partial charge in [0.2, 0.25) is 0 Å². The number of nitrogens with one attached hydrogen (secondary N) is 2. The zero-order chi connectivity index (χ0) is 25.1. The van der Waals surface area contributed by atoms with Crippen LogP contribution in [0.4, 0.5) is 41.2 Å². The van der Waals surface area contributed by atoms with Crippen LogP contribution in [0.3, 0.4) is 0 Å². The second-order valence-electron chi connectivity index (χ2n) is 6.13. The van der Waals surface area contributed by atoms with Gasteiger partial charge >= 0.3 is 18.4 Å². The van der Waals surface area contributed by atoms with Crippen LogP contribution in [0.5, 0.6) is 5.75 Å². The molecule has 6 nitrogen and oxygen atoms in total. The van der Waals surface area contributed by atoms with Gasteiger partial charge in [-0.1, -0.05) is 11.8 Å². The first-order chi connectivity index (χ1) is 15.2. The molecule has 0 aliphatic heterocycles. The molecule has 33 heavy (non-hydrogen) atoms. The molecule has 0 bridgehead atoms. The van der Waals surface area contributed by atoms with Gasteiger partial charge in [0.05, 0.1) is 27.8 Å². The van der Waals surface area contributed by atoms with E-state index in [9.17, 15) is 40.8 Å². The number of ether oxygens (including phenoxy) is 1. The molecule has 0 saturated carbocycles. The van der Waals surface area contributed by atoms with Gasteiger partial charge in [-0.05, 0) is 30.3 Å². The lowest BCUT2D eigenvalue weighted by Crippen LogP contribution is -2.31. The lowest BCUT2D eigenvalue weighted by molar-refractivity contribution is -0.143. The van der Waals surface area contributed by atoms with Crippen molar-refractivity contribution >= 4 is 34.1 Å². The average Bonchev–Trinajstić information content (AvgIpc) is 2.71. The number of halogens is 7. The first-order valence-corrected chi connectivity index (χ1v) is 9.31. The average molecular weight is 492 g/mol. The number of nitriles is 1. The van der Waals surface area contributed by atoms with E-state index in [1.54, 1.807) is 0 Å². The van der Waals surface area contributed by atoms with Crippen molar-refractivity contribution < 1.29 is 40.3 Å². The molecule has 0 atom stereocenters. The van der Waals surface area contributed by atoms with Gasteiger partial charge in [-0.25, -0.2) is 9.18 Å². The molecule has 1 amide bonds. The van der Waals surface area contributed by atoms with Crippen LogP contribution in [0.2, 0.25) is 0 Å². The summed E-state index contributed by atoms with van der Waals surface area (Å²) in [4.78, 5) is 13.1. The van der Waals surface area contributed by atoms with Crippen LogP contribution < -0.4 is 9.64 Å². The van der Waals surface area contributed by atoms with E-state index in [1.165, 1.54) is 0 Å². The van der Waals surface area contributed by atoms with Gasteiger partial charge in [0.25, 0.3) is 0 Å². The molecule has 0 unspecified atom stereocenters. The molecule has 2 aromatic rings. The molecule has 2 rings (SSSR count). The fourth-order valence-corrected chi connectivity index (χ4v) is 3.01. The van der Waals surface area contributed by atoms with Crippen LogP contribution in [0.25, 0.3) is 0 Å². The van der Waals surface area contributed by atoms with Gasteiger partial charge < -0.3 is 10.1 Å². The molecule has 0 aromatic heterocycles. The van der Waals surface area contributed by atoms with Crippen molar-refractivity contribution in [3.05, 3.63) is 58.4 Å². The minimum Gasteiger partial charge on any atom is -0.409 e. The second kappa shape index (κ2) is 9.49. The molecule has 0 heterocycles. The maximum Gasteiger partial charge on any atom is 0.420 e. The Bertz CT molecular complexity index is 1140. The lowest BCUT2D eigenvalue weighted by atomic mass is 9.96. The van der Waals surface area contributed by atoms with Crippen molar-refractivity contribution in [2.45, 2.75) is 12.4 Å². The molecule has 0 radical (unpaired) electrons. The number of benzene rings is 2. The number of rotatable bonds is 4. The first kappa shape index (κ1) is 25.7. The largest absolute Gasteiger partial charge is 0.420 e. The highest BCUT2D eigenvalue weighted by Crippen LogP contribution is 2.46. The predicted octanol–water partition coefficient (Wildman–Crippen LogP) is 6.04. The van der Waals surface area contributed by atoms with Crippen LogP contribution >= 0.6 is 11.8 Å². The minimum absolute atomic E-state index is 0.0344. The van der Waals surface area contributed by atoms with Crippen LogP contribution in [-0.4, -0.2) is 23.7 Å². The number of alkyl halides is 6. The molecule has 2 aromatic carbocycles. The van der Waals surface area contributed by atoms with Crippen molar-refractivity contribution in [2.75, 3.05) is 11.9 Å². The van der Waals surface area contributed by atoms with E-state index in [1.807, 2.05) is 0 Å².